The largest absolute Gasteiger partial charge is 0.431 e. The minimum absolute atomic E-state index is 0.0585. The minimum Gasteiger partial charge on any atom is -0.431 e. The smallest absolute Gasteiger partial charge is 0.297 e. The summed E-state index contributed by atoms with van der Waals surface area (Å²) < 4.78 is 38.7. The second-order valence-corrected chi connectivity index (χ2v) is 8.12. The van der Waals surface area contributed by atoms with Crippen LogP contribution in [0, 0.1) is 18.6 Å². The summed E-state index contributed by atoms with van der Waals surface area (Å²) in [4.78, 5) is 28.8. The molecule has 2 amide bonds. The molecule has 3 unspecified atom stereocenters. The number of anilines is 1. The topological polar surface area (TPSA) is 146 Å². The lowest BCUT2D eigenvalue weighted by atomic mass is 10.0. The molecule has 0 radical (unpaired) electrons. The first-order chi connectivity index (χ1) is 19.4. The zero-order chi connectivity index (χ0) is 32.5. The van der Waals surface area contributed by atoms with Crippen molar-refractivity contribution in [3.05, 3.63) is 47.4 Å². The number of nitrogens with zero attached hydrogens (tertiary/aromatic N) is 2. The highest BCUT2D eigenvalue weighted by Gasteiger charge is 2.27. The number of halogens is 2. The molecule has 4 N–H and O–H groups in total. The van der Waals surface area contributed by atoms with Crippen molar-refractivity contribution in [1.82, 2.24) is 15.6 Å². The van der Waals surface area contributed by atoms with Gasteiger partial charge in [-0.1, -0.05) is 27.7 Å². The number of ether oxygens (including phenoxy) is 2. The predicted octanol–water partition coefficient (Wildman–Crippen LogP) is 3.32. The van der Waals surface area contributed by atoms with Crippen molar-refractivity contribution in [2.45, 2.75) is 66.2 Å². The molecule has 0 spiro atoms. The summed E-state index contributed by atoms with van der Waals surface area (Å²) in [6, 6.07) is 2.99. The van der Waals surface area contributed by atoms with Gasteiger partial charge in [0.25, 0.3) is 11.9 Å². The number of aliphatic hydroxyl groups is 2. The number of amides is 2. The Bertz CT molecular complexity index is 895. The molecule has 238 valence electrons. The summed E-state index contributed by atoms with van der Waals surface area (Å²) >= 11 is 0. The molecule has 2 aromatic rings. The lowest BCUT2D eigenvalue weighted by Gasteiger charge is -2.27. The second kappa shape index (κ2) is 25.8. The van der Waals surface area contributed by atoms with Gasteiger partial charge in [-0.3, -0.25) is 9.59 Å². The van der Waals surface area contributed by atoms with Gasteiger partial charge in [-0.2, -0.15) is 4.98 Å². The van der Waals surface area contributed by atoms with E-state index in [9.17, 15) is 28.6 Å². The Hall–Kier alpha value is -3.13. The summed E-state index contributed by atoms with van der Waals surface area (Å²) in [6.45, 7) is 11.0. The van der Waals surface area contributed by atoms with E-state index >= 15 is 0 Å². The van der Waals surface area contributed by atoms with Crippen LogP contribution >= 0.6 is 0 Å². The number of aromatic nitrogens is 1. The Balaban J connectivity index is -0.000000740. The first kappa shape index (κ1) is 42.3. The maximum absolute atomic E-state index is 12.2. The zero-order valence-electron chi connectivity index (χ0n) is 26.2. The molecule has 41 heavy (non-hydrogen) atoms. The Morgan fingerprint density at radius 2 is 1.56 bits per heavy atom. The summed E-state index contributed by atoms with van der Waals surface area (Å²) in [7, 11) is 8.18. The third kappa shape index (κ3) is 20.4. The van der Waals surface area contributed by atoms with Crippen LogP contribution in [-0.4, -0.2) is 93.8 Å². The number of carbonyl (C=O) groups is 2. The maximum atomic E-state index is 12.2. The van der Waals surface area contributed by atoms with Crippen molar-refractivity contribution in [2.75, 3.05) is 53.5 Å². The van der Waals surface area contributed by atoms with Crippen LogP contribution in [0.2, 0.25) is 0 Å². The number of carbonyl (C=O) groups excluding carboxylic acids is 2. The van der Waals surface area contributed by atoms with Crippen LogP contribution in [0.4, 0.5) is 14.8 Å². The van der Waals surface area contributed by atoms with E-state index in [2.05, 4.69) is 20.4 Å². The minimum atomic E-state index is -1.28. The van der Waals surface area contributed by atoms with E-state index in [0.29, 0.717) is 18.6 Å². The lowest BCUT2D eigenvalue weighted by molar-refractivity contribution is -0.121. The summed E-state index contributed by atoms with van der Waals surface area (Å²) in [6.07, 6.45) is -1.03. The number of aryl methyl sites for hydroxylation is 1. The Kier molecular flexibility index (Phi) is 26.7. The van der Waals surface area contributed by atoms with Crippen LogP contribution in [0.5, 0.6) is 0 Å². The molecule has 0 saturated carbocycles. The van der Waals surface area contributed by atoms with Crippen LogP contribution in [0.15, 0.2) is 28.9 Å². The number of oxazole rings is 1. The van der Waals surface area contributed by atoms with Crippen LogP contribution < -0.4 is 15.5 Å². The molecule has 13 heteroatoms. The number of hydrogen-bond acceptors (Lipinski definition) is 9. The van der Waals surface area contributed by atoms with Gasteiger partial charge in [0.15, 0.2) is 5.69 Å². The molecule has 0 aliphatic carbocycles. The first-order valence-corrected chi connectivity index (χ1v) is 13.2. The molecule has 1 aromatic carbocycles. The standard InChI is InChI=1S/C15H26N4O6.C7H6F2.C2H6O.2C2H6/c1-9(20)17-10(5-6-24-4)13(22)12(21)7-16-14(23)11-8-25-15(18-11)19(2)3;1-5-2-6(8)4-7(9)3-5;1-3-2;2*1-2/h8,10,12-13,21-22H,5-7H2,1-4H3,(H,16,23)(H,17,20);2-4H,1H3;1-2H3;2*1-2H3. The molecule has 0 aliphatic heterocycles. The highest BCUT2D eigenvalue weighted by atomic mass is 19.1. The zero-order valence-corrected chi connectivity index (χ0v) is 26.2. The highest BCUT2D eigenvalue weighted by molar-refractivity contribution is 5.92. The molecule has 0 saturated heterocycles. The first-order valence-electron chi connectivity index (χ1n) is 13.2. The van der Waals surface area contributed by atoms with Gasteiger partial charge in [0.2, 0.25) is 5.91 Å². The molecule has 0 aliphatic rings. The molecule has 1 heterocycles. The fourth-order valence-corrected chi connectivity index (χ4v) is 2.78. The van der Waals surface area contributed by atoms with Crippen molar-refractivity contribution in [2.24, 2.45) is 0 Å². The van der Waals surface area contributed by atoms with Crippen LogP contribution in [-0.2, 0) is 14.3 Å². The van der Waals surface area contributed by atoms with Gasteiger partial charge in [0, 0.05) is 61.6 Å². The molecule has 1 aromatic heterocycles. The van der Waals surface area contributed by atoms with E-state index < -0.39 is 35.8 Å². The van der Waals surface area contributed by atoms with Gasteiger partial charge in [0.05, 0.1) is 12.1 Å². The molecule has 0 fully saturated rings. The van der Waals surface area contributed by atoms with Crippen molar-refractivity contribution in [3.8, 4) is 0 Å². The monoisotopic (exact) mass is 592 g/mol. The normalized spacial score (nSPS) is 11.7. The number of rotatable bonds is 10. The fourth-order valence-electron chi connectivity index (χ4n) is 2.78. The SMILES string of the molecule is CC.CC.COC.COCCC(NC(C)=O)C(O)C(O)CNC(=O)c1coc(N(C)C)n1.Cc1cc(F)cc(F)c1. The molecular formula is C28H50F2N4O7. The van der Waals surface area contributed by atoms with E-state index in [1.54, 1.807) is 40.1 Å². The van der Waals surface area contributed by atoms with Gasteiger partial charge in [-0.15, -0.1) is 0 Å². The molecule has 2 rings (SSSR count). The maximum Gasteiger partial charge on any atom is 0.297 e. The van der Waals surface area contributed by atoms with Gasteiger partial charge >= 0.3 is 0 Å². The molecule has 11 nitrogen and oxygen atoms in total. The third-order valence-electron chi connectivity index (χ3n) is 4.41. The van der Waals surface area contributed by atoms with Gasteiger partial charge in [-0.05, 0) is 31.0 Å². The van der Waals surface area contributed by atoms with Gasteiger partial charge in [-0.25, -0.2) is 8.78 Å². The summed E-state index contributed by atoms with van der Waals surface area (Å²) in [5, 5.41) is 25.3. The number of benzene rings is 1. The van der Waals surface area contributed by atoms with Crippen molar-refractivity contribution >= 4 is 17.8 Å². The second-order valence-electron chi connectivity index (χ2n) is 8.12. The molecule has 0 bridgehead atoms. The highest BCUT2D eigenvalue weighted by Crippen LogP contribution is 2.10. The van der Waals surface area contributed by atoms with Gasteiger partial charge in [0.1, 0.15) is 24.0 Å². The van der Waals surface area contributed by atoms with Crippen LogP contribution in [0.25, 0.3) is 0 Å². The number of hydrogen-bond donors (Lipinski definition) is 4. The van der Waals surface area contributed by atoms with Gasteiger partial charge < -0.3 is 39.6 Å². The summed E-state index contributed by atoms with van der Waals surface area (Å²) in [5.41, 5.74) is 0.663. The molecule has 3 atom stereocenters. The van der Waals surface area contributed by atoms with Crippen LogP contribution in [0.3, 0.4) is 0 Å². The van der Waals surface area contributed by atoms with E-state index in [1.165, 1.54) is 32.4 Å². The van der Waals surface area contributed by atoms with Crippen LogP contribution in [0.1, 0.15) is 57.1 Å². The Labute approximate surface area is 243 Å². The third-order valence-corrected chi connectivity index (χ3v) is 4.41. The quantitative estimate of drug-likeness (QED) is 0.326. The van der Waals surface area contributed by atoms with E-state index in [-0.39, 0.29) is 24.2 Å². The summed E-state index contributed by atoms with van der Waals surface area (Å²) in [5.74, 6) is -1.92. The van der Waals surface area contributed by atoms with Crippen molar-refractivity contribution < 1.29 is 42.5 Å². The predicted molar refractivity (Wildman–Crippen MR) is 156 cm³/mol. The average Bonchev–Trinajstić information content (AvgIpc) is 3.42. The number of nitrogens with one attached hydrogen (secondary N) is 2. The Morgan fingerprint density at radius 1 is 1.05 bits per heavy atom. The lowest BCUT2D eigenvalue weighted by Crippen LogP contribution is -2.51. The number of aliphatic hydroxyl groups excluding tert-OH is 2. The van der Waals surface area contributed by atoms with E-state index in [1.807, 2.05) is 27.7 Å². The Morgan fingerprint density at radius 3 is 1.95 bits per heavy atom. The van der Waals surface area contributed by atoms with E-state index in [4.69, 9.17) is 9.15 Å². The fraction of sp³-hybridized carbons (Fsp3) is 0.607. The number of methoxy groups -OCH3 is 2. The molecular weight excluding hydrogens is 542 g/mol. The van der Waals surface area contributed by atoms with Crippen molar-refractivity contribution in [1.29, 1.82) is 0 Å². The average molecular weight is 593 g/mol. The van der Waals surface area contributed by atoms with Crippen molar-refractivity contribution in [3.63, 3.8) is 0 Å². The van der Waals surface area contributed by atoms with E-state index in [0.717, 1.165) is 6.07 Å².